The number of aromatic nitrogens is 3. The molecule has 19 heavy (non-hydrogen) atoms. The molecule has 1 heterocycles. The van der Waals surface area contributed by atoms with Gasteiger partial charge < -0.3 is 16.2 Å². The lowest BCUT2D eigenvalue weighted by atomic mass is 10.1. The average Bonchev–Trinajstić information content (AvgIpc) is 2.85. The predicted octanol–water partition coefficient (Wildman–Crippen LogP) is 0.879. The van der Waals surface area contributed by atoms with Crippen molar-refractivity contribution in [2.24, 2.45) is 0 Å². The summed E-state index contributed by atoms with van der Waals surface area (Å²) in [6.07, 6.45) is 1.95. The molecule has 0 bridgehead atoms. The van der Waals surface area contributed by atoms with Crippen molar-refractivity contribution in [1.29, 1.82) is 0 Å². The Bertz CT molecular complexity index is 585. The van der Waals surface area contributed by atoms with E-state index in [0.717, 1.165) is 12.1 Å². The van der Waals surface area contributed by atoms with Crippen molar-refractivity contribution in [3.05, 3.63) is 35.7 Å². The van der Waals surface area contributed by atoms with Crippen LogP contribution < -0.4 is 11.1 Å². The number of carbonyl (C=O) groups is 1. The zero-order valence-corrected chi connectivity index (χ0v) is 9.85. The molecule has 2 rings (SSSR count). The van der Waals surface area contributed by atoms with Gasteiger partial charge in [0.2, 0.25) is 0 Å². The van der Waals surface area contributed by atoms with Crippen molar-refractivity contribution in [3.8, 4) is 0 Å². The van der Waals surface area contributed by atoms with E-state index >= 15 is 0 Å². The summed E-state index contributed by atoms with van der Waals surface area (Å²) >= 11 is 0. The maximum atomic E-state index is 13.5. The molecule has 0 atom stereocenters. The van der Waals surface area contributed by atoms with Gasteiger partial charge in [-0.3, -0.25) is 5.10 Å². The van der Waals surface area contributed by atoms with Gasteiger partial charge in [0.25, 0.3) is 0 Å². The zero-order valence-electron chi connectivity index (χ0n) is 9.85. The van der Waals surface area contributed by atoms with Crippen LogP contribution in [0.1, 0.15) is 16.2 Å². The summed E-state index contributed by atoms with van der Waals surface area (Å²) in [5.41, 5.74) is 5.74. The molecule has 0 saturated carbocycles. The molecule has 0 spiro atoms. The summed E-state index contributed by atoms with van der Waals surface area (Å²) in [5, 5.41) is 18.0. The van der Waals surface area contributed by atoms with E-state index in [1.165, 1.54) is 6.33 Å². The first-order chi connectivity index (χ1) is 9.08. The van der Waals surface area contributed by atoms with E-state index in [4.69, 9.17) is 10.8 Å². The van der Waals surface area contributed by atoms with Gasteiger partial charge >= 0.3 is 5.97 Å². The van der Waals surface area contributed by atoms with Crippen LogP contribution in [0.3, 0.4) is 0 Å². The van der Waals surface area contributed by atoms with E-state index in [-0.39, 0.29) is 5.69 Å². The van der Waals surface area contributed by atoms with Gasteiger partial charge in [-0.1, -0.05) is 0 Å². The minimum atomic E-state index is -1.35. The Labute approximate surface area is 107 Å². The Balaban J connectivity index is 2.04. The number of aromatic carboxylic acids is 1. The van der Waals surface area contributed by atoms with Crippen LogP contribution in [0.4, 0.5) is 15.8 Å². The van der Waals surface area contributed by atoms with Gasteiger partial charge in [-0.25, -0.2) is 14.2 Å². The normalized spacial score (nSPS) is 10.4. The molecule has 1 aromatic heterocycles. The van der Waals surface area contributed by atoms with Crippen LogP contribution in [0.5, 0.6) is 0 Å². The highest BCUT2D eigenvalue weighted by Crippen LogP contribution is 2.23. The summed E-state index contributed by atoms with van der Waals surface area (Å²) < 4.78 is 13.5. The van der Waals surface area contributed by atoms with Gasteiger partial charge in [-0.15, -0.1) is 0 Å². The minimum Gasteiger partial charge on any atom is -0.478 e. The topological polar surface area (TPSA) is 117 Å². The van der Waals surface area contributed by atoms with Gasteiger partial charge in [0.05, 0.1) is 16.9 Å². The van der Waals surface area contributed by atoms with Crippen LogP contribution in [0.25, 0.3) is 0 Å². The zero-order chi connectivity index (χ0) is 13.8. The van der Waals surface area contributed by atoms with Crippen LogP contribution in [-0.2, 0) is 6.42 Å². The monoisotopic (exact) mass is 265 g/mol. The molecule has 0 unspecified atom stereocenters. The van der Waals surface area contributed by atoms with Crippen molar-refractivity contribution in [1.82, 2.24) is 15.2 Å². The standard InChI is InChI=1S/C11H12FN5O2/c12-7-4-9(8(13)3-6(7)11(18)19)14-2-1-10-15-5-16-17-10/h3-5,14H,1-2,13H2,(H,18,19)(H,15,16,17). The fourth-order valence-electron chi connectivity index (χ4n) is 1.57. The predicted molar refractivity (Wildman–Crippen MR) is 66.3 cm³/mol. The molecule has 1 aromatic carbocycles. The summed E-state index contributed by atoms with van der Waals surface area (Å²) in [7, 11) is 0. The smallest absolute Gasteiger partial charge is 0.338 e. The number of hydrogen-bond donors (Lipinski definition) is 4. The van der Waals surface area contributed by atoms with Crippen LogP contribution in [0, 0.1) is 5.82 Å². The molecule has 2 aromatic rings. The maximum absolute atomic E-state index is 13.5. The number of anilines is 2. The molecule has 0 aliphatic carbocycles. The number of halogens is 1. The van der Waals surface area contributed by atoms with Crippen LogP contribution in [0.15, 0.2) is 18.5 Å². The highest BCUT2D eigenvalue weighted by Gasteiger charge is 2.13. The highest BCUT2D eigenvalue weighted by atomic mass is 19.1. The van der Waals surface area contributed by atoms with E-state index in [0.29, 0.717) is 24.5 Å². The largest absolute Gasteiger partial charge is 0.478 e. The molecule has 7 nitrogen and oxygen atoms in total. The van der Waals surface area contributed by atoms with Crippen molar-refractivity contribution < 1.29 is 14.3 Å². The van der Waals surface area contributed by atoms with E-state index in [1.54, 1.807) is 0 Å². The molecule has 0 aliphatic heterocycles. The second kappa shape index (κ2) is 5.34. The molecule has 0 saturated heterocycles. The maximum Gasteiger partial charge on any atom is 0.338 e. The number of carboxylic acids is 1. The van der Waals surface area contributed by atoms with Crippen molar-refractivity contribution in [2.45, 2.75) is 6.42 Å². The minimum absolute atomic E-state index is 0.177. The summed E-state index contributed by atoms with van der Waals surface area (Å²) in [4.78, 5) is 14.7. The molecule has 5 N–H and O–H groups in total. The van der Waals surface area contributed by atoms with Gasteiger partial charge in [0, 0.05) is 13.0 Å². The Morgan fingerprint density at radius 1 is 1.53 bits per heavy atom. The number of nitrogens with one attached hydrogen (secondary N) is 2. The van der Waals surface area contributed by atoms with Gasteiger partial charge in [0.1, 0.15) is 18.0 Å². The third-order valence-electron chi connectivity index (χ3n) is 2.51. The fourth-order valence-corrected chi connectivity index (χ4v) is 1.57. The van der Waals surface area contributed by atoms with Gasteiger partial charge in [0.15, 0.2) is 0 Å². The van der Waals surface area contributed by atoms with Crippen LogP contribution >= 0.6 is 0 Å². The number of benzene rings is 1. The Hall–Kier alpha value is -2.64. The number of nitrogens with zero attached hydrogens (tertiary/aromatic N) is 2. The Morgan fingerprint density at radius 3 is 2.95 bits per heavy atom. The molecular weight excluding hydrogens is 253 g/mol. The molecule has 8 heteroatoms. The molecular formula is C11H12FN5O2. The van der Waals surface area contributed by atoms with Crippen LogP contribution in [0.2, 0.25) is 0 Å². The SMILES string of the molecule is Nc1cc(C(=O)O)c(F)cc1NCCc1ncn[nH]1. The first kappa shape index (κ1) is 12.8. The van der Waals surface area contributed by atoms with Crippen LogP contribution in [-0.4, -0.2) is 32.8 Å². The Kier molecular flexibility index (Phi) is 3.60. The number of nitrogen functional groups attached to an aromatic ring is 1. The van der Waals surface area contributed by atoms with E-state index < -0.39 is 17.3 Å². The summed E-state index contributed by atoms with van der Waals surface area (Å²) in [5.74, 6) is -1.49. The third-order valence-corrected chi connectivity index (χ3v) is 2.51. The second-order valence-corrected chi connectivity index (χ2v) is 3.83. The lowest BCUT2D eigenvalue weighted by Crippen LogP contribution is -2.10. The molecule has 0 radical (unpaired) electrons. The molecule has 0 aliphatic rings. The molecule has 100 valence electrons. The average molecular weight is 265 g/mol. The van der Waals surface area contributed by atoms with Crippen molar-refractivity contribution in [3.63, 3.8) is 0 Å². The molecule has 0 amide bonds. The van der Waals surface area contributed by atoms with Crippen molar-refractivity contribution >= 4 is 17.3 Å². The number of aromatic amines is 1. The summed E-state index contributed by atoms with van der Waals surface area (Å²) in [6, 6.07) is 2.16. The van der Waals surface area contributed by atoms with Crippen molar-refractivity contribution in [2.75, 3.05) is 17.6 Å². The lowest BCUT2D eigenvalue weighted by Gasteiger charge is -2.10. The second-order valence-electron chi connectivity index (χ2n) is 3.83. The first-order valence-corrected chi connectivity index (χ1v) is 5.48. The van der Waals surface area contributed by atoms with E-state index in [2.05, 4.69) is 20.5 Å². The number of carboxylic acid groups (broad SMARTS) is 1. The number of hydrogen-bond acceptors (Lipinski definition) is 5. The summed E-state index contributed by atoms with van der Waals surface area (Å²) in [6.45, 7) is 0.464. The van der Waals surface area contributed by atoms with Gasteiger partial charge in [-0.2, -0.15) is 5.10 Å². The van der Waals surface area contributed by atoms with E-state index in [9.17, 15) is 9.18 Å². The van der Waals surface area contributed by atoms with Gasteiger partial charge in [-0.05, 0) is 12.1 Å². The number of H-pyrrole nitrogens is 1. The first-order valence-electron chi connectivity index (χ1n) is 5.48. The number of nitrogens with two attached hydrogens (primary N) is 1. The highest BCUT2D eigenvalue weighted by molar-refractivity contribution is 5.90. The number of rotatable bonds is 5. The van der Waals surface area contributed by atoms with E-state index in [1.807, 2.05) is 0 Å². The fraction of sp³-hybridized carbons (Fsp3) is 0.182. The Morgan fingerprint density at radius 2 is 2.32 bits per heavy atom. The quantitative estimate of drug-likeness (QED) is 0.596. The molecule has 0 fully saturated rings. The third kappa shape index (κ3) is 2.97. The lowest BCUT2D eigenvalue weighted by molar-refractivity contribution is 0.0692.